The molecule has 5 nitrogen and oxygen atoms in total. The number of ether oxygens (including phenoxy) is 2. The van der Waals surface area contributed by atoms with Crippen LogP contribution >= 0.6 is 0 Å². The third-order valence-corrected chi connectivity index (χ3v) is 5.53. The van der Waals surface area contributed by atoms with Crippen LogP contribution in [-0.4, -0.2) is 37.9 Å². The second kappa shape index (κ2) is 13.1. The fourth-order valence-electron chi connectivity index (χ4n) is 3.62. The number of rotatable bonds is 10. The van der Waals surface area contributed by atoms with Gasteiger partial charge in [0.05, 0.1) is 19.3 Å². The molecule has 1 unspecified atom stereocenters. The minimum Gasteiger partial charge on any atom is -0.381 e. The van der Waals surface area contributed by atoms with Crippen LogP contribution in [0.25, 0.3) is 0 Å². The van der Waals surface area contributed by atoms with E-state index in [1.54, 1.807) is 0 Å². The molecule has 0 bridgehead atoms. The van der Waals surface area contributed by atoms with E-state index in [1.165, 1.54) is 16.7 Å². The average Bonchev–Trinajstić information content (AvgIpc) is 2.82. The van der Waals surface area contributed by atoms with Crippen LogP contribution in [0.2, 0.25) is 0 Å². The molecule has 0 amide bonds. The summed E-state index contributed by atoms with van der Waals surface area (Å²) in [6.45, 7) is 8.10. The van der Waals surface area contributed by atoms with Gasteiger partial charge in [0.25, 0.3) is 0 Å². The highest BCUT2D eigenvalue weighted by Crippen LogP contribution is 2.14. The standard InChI is InChI=1S/C26H37N3O2/c1-3-27-26(29-21(2)9-10-22-7-5-4-6-8-22)28-19-23-11-13-24(14-12-23)20-31-25-15-17-30-18-16-25/h4-8,11-14,21,25H,3,9-10,15-20H2,1-2H3,(H2,27,28,29). The summed E-state index contributed by atoms with van der Waals surface area (Å²) in [5.74, 6) is 0.870. The maximum absolute atomic E-state index is 6.01. The minimum atomic E-state index is 0.329. The molecule has 1 aliphatic rings. The van der Waals surface area contributed by atoms with Gasteiger partial charge in [0.2, 0.25) is 0 Å². The molecule has 0 spiro atoms. The molecular formula is C26H37N3O2. The zero-order valence-corrected chi connectivity index (χ0v) is 19.0. The van der Waals surface area contributed by atoms with Crippen molar-refractivity contribution < 1.29 is 9.47 Å². The Balaban J connectivity index is 1.45. The lowest BCUT2D eigenvalue weighted by molar-refractivity contribution is -0.0390. The van der Waals surface area contributed by atoms with Gasteiger partial charge in [-0.15, -0.1) is 0 Å². The lowest BCUT2D eigenvalue weighted by Crippen LogP contribution is -2.42. The molecule has 1 fully saturated rings. The lowest BCUT2D eigenvalue weighted by atomic mass is 10.1. The third-order valence-electron chi connectivity index (χ3n) is 5.53. The van der Waals surface area contributed by atoms with Crippen LogP contribution in [0.4, 0.5) is 0 Å². The normalized spacial score (nSPS) is 16.1. The van der Waals surface area contributed by atoms with E-state index < -0.39 is 0 Å². The summed E-state index contributed by atoms with van der Waals surface area (Å²) < 4.78 is 11.4. The highest BCUT2D eigenvalue weighted by Gasteiger charge is 2.14. The number of guanidine groups is 1. The highest BCUT2D eigenvalue weighted by atomic mass is 16.5. The second-order valence-electron chi connectivity index (χ2n) is 8.20. The van der Waals surface area contributed by atoms with Crippen LogP contribution in [0.5, 0.6) is 0 Å². The van der Waals surface area contributed by atoms with Crippen molar-refractivity contribution in [1.29, 1.82) is 0 Å². The van der Waals surface area contributed by atoms with Crippen molar-refractivity contribution in [2.24, 2.45) is 4.99 Å². The van der Waals surface area contributed by atoms with Crippen molar-refractivity contribution in [3.8, 4) is 0 Å². The largest absolute Gasteiger partial charge is 0.381 e. The number of aliphatic imine (C=N–C) groups is 1. The minimum absolute atomic E-state index is 0.329. The third kappa shape index (κ3) is 8.72. The van der Waals surface area contributed by atoms with Crippen molar-refractivity contribution in [2.45, 2.75) is 64.8 Å². The molecule has 0 aliphatic carbocycles. The SMILES string of the molecule is CCNC(=NCc1ccc(COC2CCOCC2)cc1)NC(C)CCc1ccccc1. The van der Waals surface area contributed by atoms with Crippen molar-refractivity contribution in [3.63, 3.8) is 0 Å². The van der Waals surface area contributed by atoms with E-state index in [1.807, 2.05) is 0 Å². The molecule has 2 N–H and O–H groups in total. The van der Waals surface area contributed by atoms with Gasteiger partial charge in [-0.1, -0.05) is 54.6 Å². The molecular weight excluding hydrogens is 386 g/mol. The molecule has 2 aromatic rings. The van der Waals surface area contributed by atoms with Gasteiger partial charge in [-0.3, -0.25) is 0 Å². The summed E-state index contributed by atoms with van der Waals surface area (Å²) in [5, 5.41) is 6.89. The van der Waals surface area contributed by atoms with E-state index in [4.69, 9.17) is 14.5 Å². The molecule has 5 heteroatoms. The molecule has 1 aliphatic heterocycles. The van der Waals surface area contributed by atoms with E-state index >= 15 is 0 Å². The molecule has 2 aromatic carbocycles. The first-order chi connectivity index (χ1) is 15.2. The van der Waals surface area contributed by atoms with Crippen LogP contribution in [0, 0.1) is 0 Å². The Labute approximate surface area is 187 Å². The number of aryl methyl sites for hydroxylation is 1. The topological polar surface area (TPSA) is 54.9 Å². The average molecular weight is 424 g/mol. The summed E-state index contributed by atoms with van der Waals surface area (Å²) in [4.78, 5) is 4.78. The van der Waals surface area contributed by atoms with Gasteiger partial charge in [0.1, 0.15) is 0 Å². The van der Waals surface area contributed by atoms with Crippen LogP contribution in [0.15, 0.2) is 59.6 Å². The molecule has 1 saturated heterocycles. The van der Waals surface area contributed by atoms with Gasteiger partial charge in [-0.25, -0.2) is 4.99 Å². The molecule has 3 rings (SSSR count). The van der Waals surface area contributed by atoms with E-state index in [9.17, 15) is 0 Å². The number of benzene rings is 2. The Morgan fingerprint density at radius 3 is 2.45 bits per heavy atom. The molecule has 31 heavy (non-hydrogen) atoms. The van der Waals surface area contributed by atoms with Gasteiger partial charge in [0, 0.05) is 25.8 Å². The van der Waals surface area contributed by atoms with Crippen LogP contribution in [-0.2, 0) is 29.0 Å². The molecule has 1 heterocycles. The van der Waals surface area contributed by atoms with Crippen LogP contribution < -0.4 is 10.6 Å². The second-order valence-corrected chi connectivity index (χ2v) is 8.20. The predicted octanol–water partition coefficient (Wildman–Crippen LogP) is 4.46. The summed E-state index contributed by atoms with van der Waals surface area (Å²) >= 11 is 0. The van der Waals surface area contributed by atoms with Crippen molar-refractivity contribution in [1.82, 2.24) is 10.6 Å². The first kappa shape index (κ1) is 23.3. The van der Waals surface area contributed by atoms with Crippen molar-refractivity contribution in [3.05, 3.63) is 71.3 Å². The van der Waals surface area contributed by atoms with Gasteiger partial charge in [-0.2, -0.15) is 0 Å². The summed E-state index contributed by atoms with van der Waals surface area (Å²) in [6, 6.07) is 19.6. The molecule has 0 aromatic heterocycles. The van der Waals surface area contributed by atoms with Crippen molar-refractivity contribution >= 4 is 5.96 Å². The molecule has 168 valence electrons. The van der Waals surface area contributed by atoms with Crippen LogP contribution in [0.1, 0.15) is 49.8 Å². The molecule has 1 atom stereocenters. The summed E-state index contributed by atoms with van der Waals surface area (Å²) in [7, 11) is 0. The van der Waals surface area contributed by atoms with E-state index in [-0.39, 0.29) is 0 Å². The van der Waals surface area contributed by atoms with Gasteiger partial charge in [-0.05, 0) is 56.2 Å². The van der Waals surface area contributed by atoms with Gasteiger partial charge >= 0.3 is 0 Å². The van der Waals surface area contributed by atoms with Crippen molar-refractivity contribution in [2.75, 3.05) is 19.8 Å². The smallest absolute Gasteiger partial charge is 0.191 e. The Hall–Kier alpha value is -2.37. The Bertz CT molecular complexity index is 771. The maximum Gasteiger partial charge on any atom is 0.191 e. The Kier molecular flexibility index (Phi) is 9.87. The van der Waals surface area contributed by atoms with E-state index in [0.29, 0.717) is 25.3 Å². The molecule has 0 radical (unpaired) electrons. The predicted molar refractivity (Wildman–Crippen MR) is 127 cm³/mol. The monoisotopic (exact) mass is 423 g/mol. The fraction of sp³-hybridized carbons (Fsp3) is 0.500. The molecule has 0 saturated carbocycles. The quantitative estimate of drug-likeness (QED) is 0.438. The zero-order valence-electron chi connectivity index (χ0n) is 19.0. The maximum atomic E-state index is 6.01. The van der Waals surface area contributed by atoms with Crippen LogP contribution in [0.3, 0.4) is 0 Å². The highest BCUT2D eigenvalue weighted by molar-refractivity contribution is 5.80. The van der Waals surface area contributed by atoms with E-state index in [2.05, 4.69) is 79.1 Å². The summed E-state index contributed by atoms with van der Waals surface area (Å²) in [5.41, 5.74) is 3.78. The van der Waals surface area contributed by atoms with E-state index in [0.717, 1.165) is 51.4 Å². The summed E-state index contributed by atoms with van der Waals surface area (Å²) in [6.07, 6.45) is 4.45. The zero-order chi connectivity index (χ0) is 21.7. The van der Waals surface area contributed by atoms with Gasteiger partial charge < -0.3 is 20.1 Å². The number of nitrogens with one attached hydrogen (secondary N) is 2. The number of hydrogen-bond acceptors (Lipinski definition) is 3. The Morgan fingerprint density at radius 2 is 1.74 bits per heavy atom. The number of hydrogen-bond donors (Lipinski definition) is 2. The first-order valence-electron chi connectivity index (χ1n) is 11.6. The fourth-order valence-corrected chi connectivity index (χ4v) is 3.62. The number of nitrogens with zero attached hydrogens (tertiary/aromatic N) is 1. The first-order valence-corrected chi connectivity index (χ1v) is 11.6. The Morgan fingerprint density at radius 1 is 1.03 bits per heavy atom. The van der Waals surface area contributed by atoms with Gasteiger partial charge in [0.15, 0.2) is 5.96 Å². The lowest BCUT2D eigenvalue weighted by Gasteiger charge is -2.22.